The molecule has 14 rings (SSSR count). The smallest absolute Gasteiger partial charge is 0.508 e. The van der Waals surface area contributed by atoms with E-state index < -0.39 is 271 Å². The highest BCUT2D eigenvalue weighted by Gasteiger charge is 2.52. The van der Waals surface area contributed by atoms with E-state index in [0.29, 0.717) is 5.56 Å². The number of nitrogens with one attached hydrogen (secondary N) is 10. The first-order chi connectivity index (χ1) is 59.2. The van der Waals surface area contributed by atoms with Gasteiger partial charge in [0.25, 0.3) is 5.91 Å². The van der Waals surface area contributed by atoms with E-state index in [4.69, 9.17) is 57.4 Å². The minimum absolute atomic E-state index is 0.0909. The van der Waals surface area contributed by atoms with Crippen LogP contribution in [0.5, 0.6) is 51.7 Å². The predicted molar refractivity (Wildman–Crippen MR) is 429 cm³/mol. The fraction of sp³-hybridized carbons (Fsp3) is 0.366. The van der Waals surface area contributed by atoms with Crippen molar-refractivity contribution >= 4 is 88.1 Å². The fourth-order valence-electron chi connectivity index (χ4n) is 14.8. The number of halogens is 5. The normalized spacial score (nSPS) is 26.1. The number of amides is 9. The van der Waals surface area contributed by atoms with Crippen LogP contribution in [0.1, 0.15) is 116 Å². The van der Waals surface area contributed by atoms with E-state index in [9.17, 15) is 88.3 Å². The van der Waals surface area contributed by atoms with Crippen molar-refractivity contribution < 1.29 is 141 Å². The second-order valence-corrected chi connectivity index (χ2v) is 31.5. The number of carbonyl (C=O) groups excluding carboxylic acids is 9. The van der Waals surface area contributed by atoms with Gasteiger partial charge in [-0.05, 0) is 151 Å². The Morgan fingerprint density at radius 3 is 2.03 bits per heavy atom. The molecule has 38 nitrogen and oxygen atoms in total. The van der Waals surface area contributed by atoms with Gasteiger partial charge in [0, 0.05) is 48.0 Å². The average Bonchev–Trinajstić information content (AvgIpc) is 0.763. The first kappa shape index (κ1) is 92.1. The lowest BCUT2D eigenvalue weighted by molar-refractivity contribution is -0.334. The van der Waals surface area contributed by atoms with E-state index in [1.807, 2.05) is 0 Å². The largest absolute Gasteiger partial charge is 0.573 e. The maximum atomic E-state index is 16.3. The summed E-state index contributed by atoms with van der Waals surface area (Å²) in [5.41, 5.74) is 3.49. The van der Waals surface area contributed by atoms with E-state index in [1.165, 1.54) is 62.2 Å². The van der Waals surface area contributed by atoms with Crippen molar-refractivity contribution in [1.82, 2.24) is 53.0 Å². The van der Waals surface area contributed by atoms with Gasteiger partial charge in [-0.15, -0.1) is 13.2 Å². The van der Waals surface area contributed by atoms with Gasteiger partial charge >= 0.3 is 6.36 Å². The summed E-state index contributed by atoms with van der Waals surface area (Å²) >= 11 is 14.3. The first-order valence-corrected chi connectivity index (χ1v) is 39.4. The number of hydroxylamine groups is 1. The first-order valence-electron chi connectivity index (χ1n) is 38.6. The van der Waals surface area contributed by atoms with Crippen molar-refractivity contribution in [3.8, 4) is 62.9 Å². The van der Waals surface area contributed by atoms with Gasteiger partial charge < -0.3 is 133 Å². The summed E-state index contributed by atoms with van der Waals surface area (Å²) in [5, 5.41) is 139. The Kier molecular flexibility index (Phi) is 28.4. The van der Waals surface area contributed by atoms with Crippen LogP contribution in [0, 0.1) is 5.92 Å². The molecule has 0 aliphatic carbocycles. The number of fused-ring (bicyclic) bond motifs is 15. The number of benzene rings is 6. The zero-order valence-electron chi connectivity index (χ0n) is 66.5. The Labute approximate surface area is 717 Å². The highest BCUT2D eigenvalue weighted by Crippen LogP contribution is 2.50. The number of phenols is 3. The van der Waals surface area contributed by atoms with E-state index in [1.54, 1.807) is 20.8 Å². The highest BCUT2D eigenvalue weighted by molar-refractivity contribution is 6.32. The lowest BCUT2D eigenvalue weighted by Gasteiger charge is -2.48. The number of ether oxygens (including phenoxy) is 7. The van der Waals surface area contributed by atoms with E-state index in [-0.39, 0.29) is 47.7 Å². The quantitative estimate of drug-likeness (QED) is 0.0296. The number of nitrogens with zero attached hydrogens (tertiary/aromatic N) is 1. The van der Waals surface area contributed by atoms with Crippen molar-refractivity contribution in [2.24, 2.45) is 11.7 Å². The molecule has 0 radical (unpaired) electrons. The van der Waals surface area contributed by atoms with Crippen LogP contribution in [0.25, 0.3) is 17.2 Å². The number of anilines is 1. The minimum atomic E-state index is -4.96. The van der Waals surface area contributed by atoms with Crippen LogP contribution in [-0.4, -0.2) is 208 Å². The molecule has 0 saturated carbocycles. The number of likely N-dealkylation sites (N-methyl/N-ethyl adjacent to an activating group) is 1. The molecule has 7 aromatic rings. The van der Waals surface area contributed by atoms with Crippen molar-refractivity contribution in [3.63, 3.8) is 0 Å². The molecule has 8 heterocycles. The number of hydrogen-bond acceptors (Lipinski definition) is 29. The van der Waals surface area contributed by atoms with Crippen LogP contribution in [0.15, 0.2) is 128 Å². The summed E-state index contributed by atoms with van der Waals surface area (Å²) in [4.78, 5) is 136. The molecule has 1 aromatic heterocycles. The molecule has 7 aliphatic rings. The summed E-state index contributed by atoms with van der Waals surface area (Å²) in [6.45, 7) is 5.53. The van der Waals surface area contributed by atoms with Gasteiger partial charge in [0.15, 0.2) is 23.9 Å². The Hall–Kier alpha value is -12.1. The molecule has 666 valence electrons. The molecule has 7 aliphatic heterocycles. The van der Waals surface area contributed by atoms with Crippen LogP contribution >= 0.6 is 23.2 Å². The zero-order valence-corrected chi connectivity index (χ0v) is 68.1. The molecule has 125 heavy (non-hydrogen) atoms. The van der Waals surface area contributed by atoms with Crippen LogP contribution in [-0.2, 0) is 63.9 Å². The number of primary amides is 1. The standard InChI is InChI=1S/C82H87Cl2F3N12O26/c1-33(2)17-48(89-5)73(111)97-64-66(106)38-11-14-52(46(83)21-38)120-54-23-40-24-55(70(54)124-80-71(69(109)68(108)56(32-100)122-80)123-59-28-81(4,72(110)34(3)119-59)91-30-36-18-41(31-90-29-36)92-58(105)16-9-35-7-6-8-43(19-35)125-82(85,86)87)121-53-15-12-39(22-47(53)84)67(107)65-78(116)96-63(79(117)99-118)45-25-42(101)26-51(103)60(45)44-20-37(10-13-50(44)102)61(75(113)98-65)95-76(114)62(40)94-74(112)49(27-57(88)104)93-77(64)115/h6-16,18-26,29,31,33-34,48-49,56,59,61-69,71-72,80,89,91,100-103,106-110,118H,17,27-28,30,32H2,1-5H3,(H2,88,104)(H,92,105)(H,93,115)(H,94,112)(H,95,114)(H,96,116)(H,97,111)(H,98,113)(H,99,117). The number of aromatic hydroxyl groups is 3. The van der Waals surface area contributed by atoms with E-state index >= 15 is 19.2 Å². The number of aliphatic hydroxyl groups is 6. The van der Waals surface area contributed by atoms with Crippen LogP contribution < -0.4 is 78.0 Å². The Morgan fingerprint density at radius 1 is 0.736 bits per heavy atom. The van der Waals surface area contributed by atoms with Crippen molar-refractivity contribution in [1.29, 1.82) is 0 Å². The molecule has 22 N–H and O–H groups in total. The van der Waals surface area contributed by atoms with Gasteiger partial charge in [-0.1, -0.05) is 67.4 Å². The third kappa shape index (κ3) is 21.3. The molecule has 9 amide bonds. The SMILES string of the molecule is CNC(CC(C)C)C(=O)NC1C(=O)NC(CC(N)=O)C(=O)NC2C(=O)NC3C(=O)NC(C(=O)NC(C(=O)NO)c4cc(O)cc(O)c4-c4cc3ccc4O)C(O)c3ccc(c(Cl)c3)Oc3cc2cc(c3OC2OC(CO)C(O)C(O)C2OC2CC(C)(NCc3cncc(NC(=O)C=Cc4cccc(OC(F)(F)F)c4)c3)C(O)C(C)O2)Oc2ccc(cc2Cl)C1O. The lowest BCUT2D eigenvalue weighted by Crippen LogP contribution is -2.65. The summed E-state index contributed by atoms with van der Waals surface area (Å²) in [7, 11) is 1.46. The van der Waals surface area contributed by atoms with Crippen LogP contribution in [0.2, 0.25) is 10.0 Å². The summed E-state index contributed by atoms with van der Waals surface area (Å²) in [6.07, 6.45) is -19.7. The number of aliphatic hydroxyl groups excluding tert-OH is 6. The Bertz CT molecular complexity index is 5330. The predicted octanol–water partition coefficient (Wildman–Crippen LogP) is 3.30. The molecule has 6 aromatic carbocycles. The number of phenolic OH excluding ortho intramolecular Hbond substituents is 3. The minimum Gasteiger partial charge on any atom is -0.508 e. The summed E-state index contributed by atoms with van der Waals surface area (Å²) in [5.74, 6) is -17.5. The molecule has 18 atom stereocenters. The van der Waals surface area contributed by atoms with E-state index in [2.05, 4.69) is 57.6 Å². The number of pyridine rings is 1. The molecule has 2 fully saturated rings. The van der Waals surface area contributed by atoms with Crippen molar-refractivity contribution in [2.75, 3.05) is 19.0 Å². The number of rotatable bonds is 20. The van der Waals surface area contributed by atoms with Gasteiger partial charge in [0.1, 0.15) is 101 Å². The van der Waals surface area contributed by atoms with Gasteiger partial charge in [-0.3, -0.25) is 53.3 Å². The maximum absolute atomic E-state index is 16.3. The van der Waals surface area contributed by atoms with Crippen LogP contribution in [0.4, 0.5) is 18.9 Å². The van der Waals surface area contributed by atoms with Crippen molar-refractivity contribution in [3.05, 3.63) is 177 Å². The van der Waals surface area contributed by atoms with Gasteiger partial charge in [-0.25, -0.2) is 5.48 Å². The molecule has 2 saturated heterocycles. The molecule has 0 spiro atoms. The zero-order chi connectivity index (χ0) is 90.5. The van der Waals surface area contributed by atoms with Gasteiger partial charge in [0.2, 0.25) is 59.3 Å². The number of hydrogen-bond donors (Lipinski definition) is 21. The highest BCUT2D eigenvalue weighted by atomic mass is 35.5. The van der Waals surface area contributed by atoms with Crippen LogP contribution in [0.3, 0.4) is 0 Å². The molecular formula is C82H87Cl2F3N12O26. The van der Waals surface area contributed by atoms with Gasteiger partial charge in [-0.2, -0.15) is 0 Å². The van der Waals surface area contributed by atoms with E-state index in [0.717, 1.165) is 91.0 Å². The topological polar surface area (TPSA) is 580 Å². The Balaban J connectivity index is 0.994. The second kappa shape index (κ2) is 38.6. The number of aromatic nitrogens is 1. The lowest BCUT2D eigenvalue weighted by atomic mass is 9.84. The number of nitrogens with two attached hydrogens (primary N) is 1. The summed E-state index contributed by atoms with van der Waals surface area (Å²) < 4.78 is 82.1. The fourth-order valence-corrected chi connectivity index (χ4v) is 15.3. The third-order valence-corrected chi connectivity index (χ3v) is 21.7. The van der Waals surface area contributed by atoms with Crippen molar-refractivity contribution in [2.45, 2.75) is 169 Å². The average molecular weight is 1780 g/mol. The maximum Gasteiger partial charge on any atom is 0.573 e. The second-order valence-electron chi connectivity index (χ2n) is 30.6. The molecule has 18 unspecified atom stereocenters. The summed E-state index contributed by atoms with van der Waals surface area (Å²) in [6, 6.07) is 5.23. The van der Waals surface area contributed by atoms with Gasteiger partial charge in [0.05, 0.1) is 53.2 Å². The molecular weight excluding hydrogens is 1700 g/mol. The molecule has 11 bridgehead atoms. The number of carbonyl (C=O) groups is 9. The Morgan fingerprint density at radius 2 is 1.39 bits per heavy atom. The molecule has 43 heteroatoms. The number of alkyl halides is 3. The third-order valence-electron chi connectivity index (χ3n) is 21.1. The monoisotopic (exact) mass is 1780 g/mol.